The van der Waals surface area contributed by atoms with Gasteiger partial charge >= 0.3 is 0 Å². The molecule has 16 heavy (non-hydrogen) atoms. The average Bonchev–Trinajstić information content (AvgIpc) is 2.77. The topological polar surface area (TPSA) is 74.8 Å². The third kappa shape index (κ3) is 4.79. The lowest BCUT2D eigenvalue weighted by Crippen LogP contribution is -2.24. The van der Waals surface area contributed by atoms with Crippen LogP contribution in [-0.2, 0) is 10.0 Å². The van der Waals surface area contributed by atoms with E-state index in [2.05, 4.69) is 37.5 Å². The molecule has 0 aromatic carbocycles. The van der Waals surface area contributed by atoms with Crippen molar-refractivity contribution in [2.45, 2.75) is 30.6 Å². The fourth-order valence-electron chi connectivity index (χ4n) is 1.25. The molecule has 0 saturated heterocycles. The van der Waals surface area contributed by atoms with Crippen molar-refractivity contribution in [1.82, 2.24) is 14.9 Å². The number of aromatic amines is 1. The summed E-state index contributed by atoms with van der Waals surface area (Å²) < 4.78 is 26.9. The number of H-pyrrole nitrogens is 1. The number of unbranched alkanes of at least 4 members (excludes halogenated alkanes) is 3. The zero-order chi connectivity index (χ0) is 11.9. The van der Waals surface area contributed by atoms with E-state index >= 15 is 0 Å². The van der Waals surface area contributed by atoms with Crippen molar-refractivity contribution >= 4 is 32.6 Å². The van der Waals surface area contributed by atoms with Crippen LogP contribution in [0.15, 0.2) is 17.3 Å². The van der Waals surface area contributed by atoms with Crippen LogP contribution in [0.5, 0.6) is 0 Å². The number of hydrogen-bond donors (Lipinski definition) is 2. The fourth-order valence-corrected chi connectivity index (χ4v) is 2.77. The number of alkyl halides is 1. The van der Waals surface area contributed by atoms with Crippen molar-refractivity contribution in [3.05, 3.63) is 12.4 Å². The van der Waals surface area contributed by atoms with Crippen LogP contribution in [0.25, 0.3) is 0 Å². The Morgan fingerprint density at radius 3 is 2.69 bits per heavy atom. The minimum atomic E-state index is -3.35. The van der Waals surface area contributed by atoms with Gasteiger partial charge in [-0.1, -0.05) is 35.4 Å². The summed E-state index contributed by atoms with van der Waals surface area (Å²) in [5.41, 5.74) is 0. The summed E-state index contributed by atoms with van der Waals surface area (Å²) in [6.45, 7) is 0.495. The maximum Gasteiger partial charge on any atom is 0.243 e. The smallest absolute Gasteiger partial charge is 0.243 e. The summed E-state index contributed by atoms with van der Waals surface area (Å²) >= 11 is 2.35. The lowest BCUT2D eigenvalue weighted by Gasteiger charge is -2.03. The van der Waals surface area contributed by atoms with Crippen molar-refractivity contribution in [1.29, 1.82) is 0 Å². The van der Waals surface area contributed by atoms with Gasteiger partial charge in [-0.15, -0.1) is 0 Å². The zero-order valence-electron chi connectivity index (χ0n) is 8.95. The molecule has 1 aromatic rings. The van der Waals surface area contributed by atoms with Crippen molar-refractivity contribution < 1.29 is 8.42 Å². The molecule has 0 aliphatic rings. The molecule has 0 saturated carbocycles. The summed E-state index contributed by atoms with van der Waals surface area (Å²) in [6, 6.07) is 0. The van der Waals surface area contributed by atoms with Crippen molar-refractivity contribution in [3.63, 3.8) is 0 Å². The van der Waals surface area contributed by atoms with Crippen LogP contribution in [0.3, 0.4) is 0 Å². The predicted octanol–water partition coefficient (Wildman–Crippen LogP) is 1.68. The standard InChI is InChI=1S/C9H16IN3O2S/c10-5-3-1-2-4-6-13-16(14,15)9-7-11-12-8-9/h7-8,13H,1-6H2,(H,11,12). The Morgan fingerprint density at radius 1 is 1.31 bits per heavy atom. The Labute approximate surface area is 110 Å². The number of nitrogens with zero attached hydrogens (tertiary/aromatic N) is 1. The number of rotatable bonds is 8. The van der Waals surface area contributed by atoms with Crippen LogP contribution in [0, 0.1) is 0 Å². The first-order valence-corrected chi connectivity index (χ1v) is 8.22. The Hall–Kier alpha value is -0.150. The van der Waals surface area contributed by atoms with Gasteiger partial charge in [-0.25, -0.2) is 13.1 Å². The molecule has 92 valence electrons. The third-order valence-electron chi connectivity index (χ3n) is 2.14. The Kier molecular flexibility index (Phi) is 6.29. The van der Waals surface area contributed by atoms with Gasteiger partial charge in [0.25, 0.3) is 0 Å². The average molecular weight is 357 g/mol. The van der Waals surface area contributed by atoms with Crippen LogP contribution in [0.2, 0.25) is 0 Å². The Bertz CT molecular complexity index is 377. The second-order valence-corrected chi connectivity index (χ2v) is 6.28. The van der Waals surface area contributed by atoms with E-state index in [0.29, 0.717) is 6.54 Å². The predicted molar refractivity (Wildman–Crippen MR) is 71.1 cm³/mol. The lowest BCUT2D eigenvalue weighted by atomic mass is 10.2. The first-order valence-electron chi connectivity index (χ1n) is 5.21. The van der Waals surface area contributed by atoms with Gasteiger partial charge in [0.1, 0.15) is 4.90 Å². The van der Waals surface area contributed by atoms with Crippen LogP contribution < -0.4 is 4.72 Å². The highest BCUT2D eigenvalue weighted by molar-refractivity contribution is 14.1. The minimum Gasteiger partial charge on any atom is -0.284 e. The van der Waals surface area contributed by atoms with E-state index in [1.54, 1.807) is 0 Å². The molecule has 0 atom stereocenters. The molecular formula is C9H16IN3O2S. The SMILES string of the molecule is O=S(=O)(NCCCCCCI)c1cn[nH]c1. The number of aromatic nitrogens is 2. The molecular weight excluding hydrogens is 341 g/mol. The molecule has 5 nitrogen and oxygen atoms in total. The van der Waals surface area contributed by atoms with E-state index in [9.17, 15) is 8.42 Å². The van der Waals surface area contributed by atoms with Crippen LogP contribution in [0.4, 0.5) is 0 Å². The zero-order valence-corrected chi connectivity index (χ0v) is 11.9. The van der Waals surface area contributed by atoms with E-state index in [-0.39, 0.29) is 4.90 Å². The van der Waals surface area contributed by atoms with Gasteiger partial charge in [0.05, 0.1) is 6.20 Å². The highest BCUT2D eigenvalue weighted by Gasteiger charge is 2.13. The van der Waals surface area contributed by atoms with Crippen molar-refractivity contribution in [3.8, 4) is 0 Å². The summed E-state index contributed by atoms with van der Waals surface area (Å²) in [4.78, 5) is 0.194. The Balaban J connectivity index is 2.22. The summed E-state index contributed by atoms with van der Waals surface area (Å²) in [5, 5.41) is 6.10. The molecule has 0 spiro atoms. The van der Waals surface area contributed by atoms with Crippen molar-refractivity contribution in [2.75, 3.05) is 11.0 Å². The maximum atomic E-state index is 11.6. The molecule has 0 aliphatic carbocycles. The molecule has 0 fully saturated rings. The van der Waals surface area contributed by atoms with E-state index in [1.807, 2.05) is 0 Å². The lowest BCUT2D eigenvalue weighted by molar-refractivity contribution is 0.574. The largest absolute Gasteiger partial charge is 0.284 e. The molecule has 0 amide bonds. The van der Waals surface area contributed by atoms with Gasteiger partial charge in [0.2, 0.25) is 10.0 Å². The van der Waals surface area contributed by atoms with Gasteiger partial charge in [-0.3, -0.25) is 5.10 Å². The van der Waals surface area contributed by atoms with Crippen LogP contribution in [0.1, 0.15) is 25.7 Å². The second kappa shape index (κ2) is 7.23. The van der Waals surface area contributed by atoms with Gasteiger partial charge in [0.15, 0.2) is 0 Å². The highest BCUT2D eigenvalue weighted by Crippen LogP contribution is 2.05. The minimum absolute atomic E-state index is 0.194. The van der Waals surface area contributed by atoms with E-state index < -0.39 is 10.0 Å². The second-order valence-electron chi connectivity index (χ2n) is 3.43. The number of sulfonamides is 1. The molecule has 0 unspecified atom stereocenters. The third-order valence-corrected chi connectivity index (χ3v) is 4.33. The first kappa shape index (κ1) is 13.9. The van der Waals surface area contributed by atoms with Gasteiger partial charge in [-0.05, 0) is 17.3 Å². The van der Waals surface area contributed by atoms with Gasteiger partial charge in [0, 0.05) is 12.7 Å². The van der Waals surface area contributed by atoms with Crippen LogP contribution >= 0.6 is 22.6 Å². The van der Waals surface area contributed by atoms with Gasteiger partial charge in [-0.2, -0.15) is 5.10 Å². The molecule has 0 aliphatic heterocycles. The molecule has 1 heterocycles. The van der Waals surface area contributed by atoms with Crippen molar-refractivity contribution in [2.24, 2.45) is 0 Å². The molecule has 1 aromatic heterocycles. The monoisotopic (exact) mass is 357 g/mol. The quantitative estimate of drug-likeness (QED) is 0.422. The molecule has 1 rings (SSSR count). The summed E-state index contributed by atoms with van der Waals surface area (Å²) in [5.74, 6) is 0. The molecule has 0 bridgehead atoms. The van der Waals surface area contributed by atoms with Crippen LogP contribution in [-0.4, -0.2) is 29.6 Å². The number of hydrogen-bond acceptors (Lipinski definition) is 3. The molecule has 2 N–H and O–H groups in total. The molecule has 0 radical (unpaired) electrons. The Morgan fingerprint density at radius 2 is 2.06 bits per heavy atom. The number of halogens is 1. The summed E-state index contributed by atoms with van der Waals surface area (Å²) in [6.07, 6.45) is 6.99. The number of nitrogens with one attached hydrogen (secondary N) is 2. The van der Waals surface area contributed by atoms with Gasteiger partial charge < -0.3 is 0 Å². The maximum absolute atomic E-state index is 11.6. The van der Waals surface area contributed by atoms with E-state index in [4.69, 9.17) is 0 Å². The highest BCUT2D eigenvalue weighted by atomic mass is 127. The summed E-state index contributed by atoms with van der Waals surface area (Å²) in [7, 11) is -3.35. The molecule has 7 heteroatoms. The van der Waals surface area contributed by atoms with E-state index in [0.717, 1.165) is 19.3 Å². The van der Waals surface area contributed by atoms with E-state index in [1.165, 1.54) is 23.2 Å². The first-order chi connectivity index (χ1) is 7.67. The fraction of sp³-hybridized carbons (Fsp3) is 0.667. The normalized spacial score (nSPS) is 11.8.